The number of benzene rings is 1. The van der Waals surface area contributed by atoms with E-state index in [9.17, 15) is 12.8 Å². The summed E-state index contributed by atoms with van der Waals surface area (Å²) in [6, 6.07) is 4.67. The highest BCUT2D eigenvalue weighted by molar-refractivity contribution is 8.13. The van der Waals surface area contributed by atoms with Gasteiger partial charge in [-0.25, -0.2) is 17.9 Å². The lowest BCUT2D eigenvalue weighted by Crippen LogP contribution is -1.93. The van der Waals surface area contributed by atoms with Crippen LogP contribution >= 0.6 is 10.7 Å². The highest BCUT2D eigenvalue weighted by atomic mass is 35.7. The molecule has 17 heavy (non-hydrogen) atoms. The molecule has 0 saturated heterocycles. The maximum absolute atomic E-state index is 13.7. The standard InChI is InChI=1S/C9H7ClFN3O2S/c1-5-3-2-4-6(7(5)11)8-12-9(14-13-8)17(10,15)16/h2-4H,1H3,(H,12,13,14). The first-order valence-electron chi connectivity index (χ1n) is 4.52. The van der Waals surface area contributed by atoms with Gasteiger partial charge in [0.2, 0.25) is 0 Å². The van der Waals surface area contributed by atoms with Crippen molar-refractivity contribution >= 4 is 19.7 Å². The molecule has 0 saturated carbocycles. The molecule has 0 atom stereocenters. The first kappa shape index (κ1) is 12.0. The Morgan fingerprint density at radius 3 is 2.71 bits per heavy atom. The van der Waals surface area contributed by atoms with Crippen molar-refractivity contribution in [3.63, 3.8) is 0 Å². The minimum Gasteiger partial charge on any atom is -0.248 e. The molecule has 0 aliphatic heterocycles. The second-order valence-electron chi connectivity index (χ2n) is 3.34. The molecule has 8 heteroatoms. The van der Waals surface area contributed by atoms with Crippen molar-refractivity contribution in [2.45, 2.75) is 12.1 Å². The number of nitrogens with zero attached hydrogens (tertiary/aromatic N) is 2. The minimum atomic E-state index is -3.99. The molecule has 0 radical (unpaired) electrons. The van der Waals surface area contributed by atoms with Crippen LogP contribution in [0.15, 0.2) is 23.4 Å². The van der Waals surface area contributed by atoms with E-state index in [1.54, 1.807) is 19.1 Å². The monoisotopic (exact) mass is 275 g/mol. The highest BCUT2D eigenvalue weighted by Crippen LogP contribution is 2.22. The fourth-order valence-corrected chi connectivity index (χ4v) is 1.85. The second-order valence-corrected chi connectivity index (χ2v) is 5.82. The Balaban J connectivity index is 2.55. The van der Waals surface area contributed by atoms with Gasteiger partial charge in [-0.2, -0.15) is 10.1 Å². The molecule has 1 N–H and O–H groups in total. The van der Waals surface area contributed by atoms with Crippen molar-refractivity contribution < 1.29 is 12.8 Å². The molecule has 0 bridgehead atoms. The summed E-state index contributed by atoms with van der Waals surface area (Å²) in [5, 5.41) is 5.25. The third-order valence-electron chi connectivity index (χ3n) is 2.13. The van der Waals surface area contributed by atoms with E-state index >= 15 is 0 Å². The molecule has 0 fully saturated rings. The van der Waals surface area contributed by atoms with Crippen LogP contribution in [-0.2, 0) is 9.05 Å². The van der Waals surface area contributed by atoms with Gasteiger partial charge >= 0.3 is 0 Å². The summed E-state index contributed by atoms with van der Waals surface area (Å²) >= 11 is 0. The van der Waals surface area contributed by atoms with E-state index in [0.29, 0.717) is 5.56 Å². The topological polar surface area (TPSA) is 75.7 Å². The quantitative estimate of drug-likeness (QED) is 0.849. The Morgan fingerprint density at radius 2 is 2.12 bits per heavy atom. The largest absolute Gasteiger partial charge is 0.296 e. The van der Waals surface area contributed by atoms with E-state index in [1.807, 2.05) is 0 Å². The number of rotatable bonds is 2. The Labute approximate surface area is 101 Å². The molecule has 0 amide bonds. The second kappa shape index (κ2) is 4.08. The molecule has 1 aromatic carbocycles. The summed E-state index contributed by atoms with van der Waals surface area (Å²) in [7, 11) is 1.08. The van der Waals surface area contributed by atoms with Crippen molar-refractivity contribution in [3.05, 3.63) is 29.6 Å². The van der Waals surface area contributed by atoms with Crippen molar-refractivity contribution in [2.75, 3.05) is 0 Å². The summed E-state index contributed by atoms with van der Waals surface area (Å²) in [5.74, 6) is -0.546. The number of aryl methyl sites for hydroxylation is 1. The molecular formula is C9H7ClFN3O2S. The van der Waals surface area contributed by atoms with Gasteiger partial charge in [-0.3, -0.25) is 0 Å². The normalized spacial score (nSPS) is 11.7. The average molecular weight is 276 g/mol. The van der Waals surface area contributed by atoms with Gasteiger partial charge in [0.05, 0.1) is 5.56 Å². The van der Waals surface area contributed by atoms with Crippen molar-refractivity contribution in [3.8, 4) is 11.4 Å². The van der Waals surface area contributed by atoms with Crippen molar-refractivity contribution in [1.29, 1.82) is 0 Å². The Hall–Kier alpha value is -1.47. The van der Waals surface area contributed by atoms with Gasteiger partial charge in [0, 0.05) is 10.7 Å². The van der Waals surface area contributed by atoms with Crippen LogP contribution in [0.5, 0.6) is 0 Å². The predicted molar refractivity (Wildman–Crippen MR) is 59.6 cm³/mol. The van der Waals surface area contributed by atoms with Crippen LogP contribution in [0.2, 0.25) is 0 Å². The van der Waals surface area contributed by atoms with Crippen LogP contribution in [0.25, 0.3) is 11.4 Å². The van der Waals surface area contributed by atoms with Gasteiger partial charge in [-0.15, -0.1) is 0 Å². The maximum Gasteiger partial charge on any atom is 0.296 e. The van der Waals surface area contributed by atoms with Gasteiger partial charge in [0.1, 0.15) is 5.82 Å². The molecule has 1 heterocycles. The number of aromatic amines is 1. The highest BCUT2D eigenvalue weighted by Gasteiger charge is 2.18. The van der Waals surface area contributed by atoms with Crippen LogP contribution in [-0.4, -0.2) is 23.6 Å². The third kappa shape index (κ3) is 2.29. The first-order valence-corrected chi connectivity index (χ1v) is 6.83. The smallest absolute Gasteiger partial charge is 0.248 e. The van der Waals surface area contributed by atoms with E-state index in [0.717, 1.165) is 0 Å². The van der Waals surface area contributed by atoms with Gasteiger partial charge < -0.3 is 0 Å². The number of H-pyrrole nitrogens is 1. The zero-order chi connectivity index (χ0) is 12.6. The molecule has 0 aliphatic rings. The maximum atomic E-state index is 13.7. The molecular weight excluding hydrogens is 269 g/mol. The van der Waals surface area contributed by atoms with Crippen molar-refractivity contribution in [2.24, 2.45) is 0 Å². The minimum absolute atomic E-state index is 0.0505. The Morgan fingerprint density at radius 1 is 1.41 bits per heavy atom. The summed E-state index contributed by atoms with van der Waals surface area (Å²) in [4.78, 5) is 3.63. The summed E-state index contributed by atoms with van der Waals surface area (Å²) in [6.07, 6.45) is 0. The van der Waals surface area contributed by atoms with Gasteiger partial charge in [0.25, 0.3) is 14.2 Å². The fourth-order valence-electron chi connectivity index (χ4n) is 1.30. The summed E-state index contributed by atoms with van der Waals surface area (Å²) in [6.45, 7) is 1.59. The first-order chi connectivity index (χ1) is 7.89. The SMILES string of the molecule is Cc1cccc(-c2n[nH]c(S(=O)(=O)Cl)n2)c1F. The fraction of sp³-hybridized carbons (Fsp3) is 0.111. The molecule has 90 valence electrons. The van der Waals surface area contributed by atoms with Gasteiger partial charge in [-0.05, 0) is 18.6 Å². The zero-order valence-corrected chi connectivity index (χ0v) is 10.2. The Bertz CT molecular complexity index is 669. The molecule has 0 aliphatic carbocycles. The molecule has 2 rings (SSSR count). The lowest BCUT2D eigenvalue weighted by atomic mass is 10.1. The van der Waals surface area contributed by atoms with E-state index in [-0.39, 0.29) is 11.4 Å². The van der Waals surface area contributed by atoms with Crippen LogP contribution < -0.4 is 0 Å². The van der Waals surface area contributed by atoms with Crippen LogP contribution in [0.4, 0.5) is 4.39 Å². The van der Waals surface area contributed by atoms with Crippen LogP contribution in [0, 0.1) is 12.7 Å². The van der Waals surface area contributed by atoms with E-state index in [1.165, 1.54) is 6.07 Å². The molecule has 5 nitrogen and oxygen atoms in total. The van der Waals surface area contributed by atoms with E-state index in [2.05, 4.69) is 15.2 Å². The number of nitrogens with one attached hydrogen (secondary N) is 1. The zero-order valence-electron chi connectivity index (χ0n) is 8.61. The third-order valence-corrected chi connectivity index (χ3v) is 3.21. The number of hydrogen-bond acceptors (Lipinski definition) is 4. The van der Waals surface area contributed by atoms with Crippen LogP contribution in [0.3, 0.4) is 0 Å². The summed E-state index contributed by atoms with van der Waals surface area (Å²) < 4.78 is 35.7. The van der Waals surface area contributed by atoms with Crippen molar-refractivity contribution in [1.82, 2.24) is 15.2 Å². The molecule has 0 unspecified atom stereocenters. The number of hydrogen-bond donors (Lipinski definition) is 1. The van der Waals surface area contributed by atoms with Crippen LogP contribution in [0.1, 0.15) is 5.56 Å². The predicted octanol–water partition coefficient (Wildman–Crippen LogP) is 1.85. The average Bonchev–Trinajstić information content (AvgIpc) is 2.70. The van der Waals surface area contributed by atoms with E-state index in [4.69, 9.17) is 10.7 Å². The molecule has 2 aromatic rings. The number of halogens is 2. The lowest BCUT2D eigenvalue weighted by molar-refractivity contribution is 0.601. The Kier molecular flexibility index (Phi) is 2.88. The van der Waals surface area contributed by atoms with Gasteiger partial charge in [0.15, 0.2) is 5.82 Å². The lowest BCUT2D eigenvalue weighted by Gasteiger charge is -2.00. The molecule has 0 spiro atoms. The summed E-state index contributed by atoms with van der Waals surface area (Å²) in [5.41, 5.74) is 0.537. The molecule has 1 aromatic heterocycles. The van der Waals surface area contributed by atoms with Gasteiger partial charge in [-0.1, -0.05) is 12.1 Å². The van der Waals surface area contributed by atoms with E-state index < -0.39 is 20.0 Å². The number of aromatic nitrogens is 3.